The van der Waals surface area contributed by atoms with Crippen LogP contribution in [0.25, 0.3) is 5.65 Å². The van der Waals surface area contributed by atoms with Gasteiger partial charge in [-0.3, -0.25) is 0 Å². The van der Waals surface area contributed by atoms with E-state index in [0.29, 0.717) is 19.0 Å². The Labute approximate surface area is 140 Å². The third kappa shape index (κ3) is 4.03. The van der Waals surface area contributed by atoms with Crippen LogP contribution in [0.4, 0.5) is 0 Å². The van der Waals surface area contributed by atoms with E-state index in [9.17, 15) is 0 Å². The Balaban J connectivity index is 0.00000161. The summed E-state index contributed by atoms with van der Waals surface area (Å²) >= 11 is 0. The Morgan fingerprint density at radius 1 is 1.48 bits per heavy atom. The van der Waals surface area contributed by atoms with Gasteiger partial charge in [0.25, 0.3) is 0 Å². The van der Waals surface area contributed by atoms with Crippen LogP contribution < -0.4 is 11.1 Å². The predicted molar refractivity (Wildman–Crippen MR) is 90.7 cm³/mol. The van der Waals surface area contributed by atoms with Crippen molar-refractivity contribution in [2.75, 3.05) is 13.2 Å². The van der Waals surface area contributed by atoms with Crippen LogP contribution in [0.5, 0.6) is 0 Å². The first kappa shape index (κ1) is 16.0. The van der Waals surface area contributed by atoms with Gasteiger partial charge in [0.2, 0.25) is 0 Å². The van der Waals surface area contributed by atoms with Crippen molar-refractivity contribution in [3.8, 4) is 0 Å². The van der Waals surface area contributed by atoms with Gasteiger partial charge < -0.3 is 15.8 Å². The molecule has 0 spiro atoms. The lowest BCUT2D eigenvalue weighted by Gasteiger charge is -2.11. The molecule has 7 nitrogen and oxygen atoms in total. The highest BCUT2D eigenvalue weighted by atomic mass is 127. The number of halogens is 1. The number of hydrogen-bond acceptors (Lipinski definition) is 4. The molecule has 2 aromatic rings. The van der Waals surface area contributed by atoms with Crippen LogP contribution in [-0.4, -0.2) is 39.8 Å². The van der Waals surface area contributed by atoms with Crippen LogP contribution in [-0.2, 0) is 11.3 Å². The fourth-order valence-corrected chi connectivity index (χ4v) is 2.25. The summed E-state index contributed by atoms with van der Waals surface area (Å²) in [5, 5.41) is 7.30. The number of rotatable bonds is 4. The van der Waals surface area contributed by atoms with E-state index in [1.54, 1.807) is 16.9 Å². The fourth-order valence-electron chi connectivity index (χ4n) is 2.25. The molecular weight excluding hydrogens is 383 g/mol. The van der Waals surface area contributed by atoms with Gasteiger partial charge in [0.15, 0.2) is 11.6 Å². The van der Waals surface area contributed by atoms with E-state index in [1.165, 1.54) is 0 Å². The minimum absolute atomic E-state index is 0. The first-order chi connectivity index (χ1) is 9.83. The molecule has 8 heteroatoms. The second-order valence-electron chi connectivity index (χ2n) is 4.75. The maximum Gasteiger partial charge on any atom is 0.189 e. The van der Waals surface area contributed by atoms with Crippen molar-refractivity contribution < 1.29 is 4.74 Å². The standard InChI is InChI=1S/C13H18N6O.HI/c14-13(17-9-11-2-1-7-20-11)16-8-10-3-5-15-12-4-6-18-19(10)12;/h3-6,11H,1-2,7-9H2,(H3,14,16,17);1H. The zero-order valence-corrected chi connectivity index (χ0v) is 13.9. The van der Waals surface area contributed by atoms with Gasteiger partial charge in [-0.25, -0.2) is 14.5 Å². The Kier molecular flexibility index (Phi) is 5.74. The van der Waals surface area contributed by atoms with Crippen LogP contribution >= 0.6 is 24.0 Å². The van der Waals surface area contributed by atoms with Crippen LogP contribution in [0.2, 0.25) is 0 Å². The number of nitrogens with zero attached hydrogens (tertiary/aromatic N) is 4. The van der Waals surface area contributed by atoms with E-state index in [0.717, 1.165) is 30.8 Å². The second-order valence-corrected chi connectivity index (χ2v) is 4.75. The van der Waals surface area contributed by atoms with Crippen molar-refractivity contribution in [2.45, 2.75) is 25.5 Å². The summed E-state index contributed by atoms with van der Waals surface area (Å²) in [4.78, 5) is 8.53. The molecule has 3 N–H and O–H groups in total. The van der Waals surface area contributed by atoms with Crippen molar-refractivity contribution in [3.05, 3.63) is 30.2 Å². The predicted octanol–water partition coefficient (Wildman–Crippen LogP) is 0.931. The molecule has 0 saturated carbocycles. The number of hydrogen-bond donors (Lipinski definition) is 2. The van der Waals surface area contributed by atoms with Gasteiger partial charge in [0.05, 0.1) is 24.5 Å². The summed E-state index contributed by atoms with van der Waals surface area (Å²) in [6.45, 7) is 2.02. The second kappa shape index (κ2) is 7.55. The molecule has 0 radical (unpaired) electrons. The lowest BCUT2D eigenvalue weighted by atomic mass is 10.2. The van der Waals surface area contributed by atoms with E-state index in [4.69, 9.17) is 10.5 Å². The molecule has 1 aliphatic rings. The Bertz CT molecular complexity index is 607. The number of ether oxygens (including phenoxy) is 1. The number of fused-ring (bicyclic) bond motifs is 1. The molecule has 1 fully saturated rings. The fraction of sp³-hybridized carbons (Fsp3) is 0.462. The van der Waals surface area contributed by atoms with Gasteiger partial charge in [0, 0.05) is 25.4 Å². The molecule has 0 aliphatic carbocycles. The lowest BCUT2D eigenvalue weighted by molar-refractivity contribution is 0.114. The number of aliphatic imine (C=N–C) groups is 1. The van der Waals surface area contributed by atoms with Crippen molar-refractivity contribution in [1.82, 2.24) is 19.9 Å². The average molecular weight is 402 g/mol. The van der Waals surface area contributed by atoms with Crippen LogP contribution in [0.3, 0.4) is 0 Å². The van der Waals surface area contributed by atoms with Crippen molar-refractivity contribution in [3.63, 3.8) is 0 Å². The molecular formula is C13H19IN6O. The highest BCUT2D eigenvalue weighted by molar-refractivity contribution is 14.0. The van der Waals surface area contributed by atoms with E-state index in [-0.39, 0.29) is 30.1 Å². The SMILES string of the molecule is I.NC(=NCc1ccnc2ccnn12)NCC1CCCO1. The smallest absolute Gasteiger partial charge is 0.189 e. The molecule has 3 heterocycles. The van der Waals surface area contributed by atoms with E-state index < -0.39 is 0 Å². The number of nitrogens with two attached hydrogens (primary N) is 1. The van der Waals surface area contributed by atoms with Crippen molar-refractivity contribution >= 4 is 35.6 Å². The molecule has 3 rings (SSSR count). The molecule has 2 aromatic heterocycles. The number of aromatic nitrogens is 3. The van der Waals surface area contributed by atoms with Gasteiger partial charge >= 0.3 is 0 Å². The first-order valence-electron chi connectivity index (χ1n) is 6.76. The third-order valence-electron chi connectivity index (χ3n) is 3.31. The highest BCUT2D eigenvalue weighted by Gasteiger charge is 2.14. The van der Waals surface area contributed by atoms with Crippen molar-refractivity contribution in [1.29, 1.82) is 0 Å². The molecule has 0 amide bonds. The zero-order chi connectivity index (χ0) is 13.8. The molecule has 114 valence electrons. The summed E-state index contributed by atoms with van der Waals surface area (Å²) in [5.41, 5.74) is 7.61. The zero-order valence-electron chi connectivity index (χ0n) is 11.6. The van der Waals surface area contributed by atoms with E-state index >= 15 is 0 Å². The van der Waals surface area contributed by atoms with Gasteiger partial charge in [-0.05, 0) is 18.9 Å². The van der Waals surface area contributed by atoms with Crippen LogP contribution in [0.15, 0.2) is 29.5 Å². The Morgan fingerprint density at radius 3 is 3.19 bits per heavy atom. The normalized spacial score (nSPS) is 18.7. The largest absolute Gasteiger partial charge is 0.376 e. The van der Waals surface area contributed by atoms with Crippen LogP contribution in [0, 0.1) is 0 Å². The quantitative estimate of drug-likeness (QED) is 0.451. The number of nitrogens with one attached hydrogen (secondary N) is 1. The molecule has 1 saturated heterocycles. The molecule has 21 heavy (non-hydrogen) atoms. The highest BCUT2D eigenvalue weighted by Crippen LogP contribution is 2.10. The van der Waals surface area contributed by atoms with Gasteiger partial charge in [0.1, 0.15) is 0 Å². The summed E-state index contributed by atoms with van der Waals surface area (Å²) in [6.07, 6.45) is 5.92. The maximum absolute atomic E-state index is 5.86. The van der Waals surface area contributed by atoms with Gasteiger partial charge in [-0.2, -0.15) is 5.10 Å². The van der Waals surface area contributed by atoms with Crippen molar-refractivity contribution in [2.24, 2.45) is 10.7 Å². The topological polar surface area (TPSA) is 89.8 Å². The first-order valence-corrected chi connectivity index (χ1v) is 6.76. The Morgan fingerprint density at radius 2 is 2.38 bits per heavy atom. The molecule has 1 atom stereocenters. The van der Waals surface area contributed by atoms with E-state index in [1.807, 2.05) is 12.1 Å². The third-order valence-corrected chi connectivity index (χ3v) is 3.31. The van der Waals surface area contributed by atoms with Gasteiger partial charge in [-0.1, -0.05) is 0 Å². The van der Waals surface area contributed by atoms with E-state index in [2.05, 4.69) is 20.4 Å². The summed E-state index contributed by atoms with van der Waals surface area (Å²) < 4.78 is 7.28. The van der Waals surface area contributed by atoms with Crippen LogP contribution in [0.1, 0.15) is 18.5 Å². The summed E-state index contributed by atoms with van der Waals surface area (Å²) in [5.74, 6) is 0.428. The minimum atomic E-state index is 0. The molecule has 1 aliphatic heterocycles. The minimum Gasteiger partial charge on any atom is -0.376 e. The Hall–Kier alpha value is -1.42. The molecule has 0 aromatic carbocycles. The molecule has 0 bridgehead atoms. The molecule has 1 unspecified atom stereocenters. The maximum atomic E-state index is 5.86. The summed E-state index contributed by atoms with van der Waals surface area (Å²) in [7, 11) is 0. The number of guanidine groups is 1. The monoisotopic (exact) mass is 402 g/mol. The van der Waals surface area contributed by atoms with Gasteiger partial charge in [-0.15, -0.1) is 24.0 Å². The average Bonchev–Trinajstić information content (AvgIpc) is 3.13. The summed E-state index contributed by atoms with van der Waals surface area (Å²) in [6, 6.07) is 3.74. The lowest BCUT2D eigenvalue weighted by Crippen LogP contribution is -2.37.